The summed E-state index contributed by atoms with van der Waals surface area (Å²) in [5.74, 6) is 0. The van der Waals surface area contributed by atoms with Crippen molar-refractivity contribution in [2.24, 2.45) is 0 Å². The summed E-state index contributed by atoms with van der Waals surface area (Å²) in [5.41, 5.74) is 26.5. The topological polar surface area (TPSA) is 6.48 Å². The summed E-state index contributed by atoms with van der Waals surface area (Å²) >= 11 is 0. The summed E-state index contributed by atoms with van der Waals surface area (Å²) in [6.45, 7) is 0. The van der Waals surface area contributed by atoms with Crippen LogP contribution in [-0.2, 0) is 10.8 Å². The molecule has 0 saturated heterocycles. The Hall–Kier alpha value is -9.50. The summed E-state index contributed by atoms with van der Waals surface area (Å²) in [6.07, 6.45) is 0. The van der Waals surface area contributed by atoms with Crippen LogP contribution in [0.5, 0.6) is 0 Å². The van der Waals surface area contributed by atoms with E-state index in [1.54, 1.807) is 0 Å². The summed E-state index contributed by atoms with van der Waals surface area (Å²) in [5, 5.41) is 2.48. The lowest BCUT2D eigenvalue weighted by Crippen LogP contribution is -2.28. The lowest BCUT2D eigenvalue weighted by atomic mass is 9.69. The van der Waals surface area contributed by atoms with Crippen LogP contribution in [0, 0.1) is 0 Å². The molecule has 0 aliphatic heterocycles. The van der Waals surface area contributed by atoms with Crippen LogP contribution in [0.2, 0.25) is 0 Å². The van der Waals surface area contributed by atoms with E-state index in [0.29, 0.717) is 0 Å². The maximum absolute atomic E-state index is 2.53. The first-order valence-electron chi connectivity index (χ1n) is 25.8. The standard InChI is InChI=1S/C72H46N2/c1-4-24-48(25-5-1)73(49-26-6-2-7-27-49)67-45-47-23-10-11-30-52(47)68-56-34-15-21-40-63(56)72(70(67)68)61-38-19-14-33-55(61)58-46-51(43-44-64(58)72)74(50-28-8-3-9-29-50)66-42-22-41-65-69(66)57-35-16-20-39-62(57)71(65)59-36-17-12-31-53(59)54-32-13-18-37-60(54)71/h1-46H. The van der Waals surface area contributed by atoms with Crippen molar-refractivity contribution in [1.29, 1.82) is 0 Å². The second-order valence-corrected chi connectivity index (χ2v) is 20.2. The van der Waals surface area contributed by atoms with Crippen molar-refractivity contribution >= 4 is 44.9 Å². The van der Waals surface area contributed by atoms with Gasteiger partial charge in [-0.05, 0) is 149 Å². The van der Waals surface area contributed by atoms with Gasteiger partial charge in [-0.3, -0.25) is 0 Å². The molecule has 0 radical (unpaired) electrons. The molecule has 16 rings (SSSR count). The number of hydrogen-bond acceptors (Lipinski definition) is 2. The molecule has 2 spiro atoms. The maximum Gasteiger partial charge on any atom is 0.0746 e. The highest BCUT2D eigenvalue weighted by Crippen LogP contribution is 2.68. The van der Waals surface area contributed by atoms with Gasteiger partial charge >= 0.3 is 0 Å². The highest BCUT2D eigenvalue weighted by atomic mass is 15.2. The number of fused-ring (bicyclic) bond motifs is 22. The molecule has 344 valence electrons. The van der Waals surface area contributed by atoms with E-state index in [9.17, 15) is 0 Å². The van der Waals surface area contributed by atoms with E-state index < -0.39 is 10.8 Å². The van der Waals surface area contributed by atoms with Crippen molar-refractivity contribution in [3.8, 4) is 44.5 Å². The van der Waals surface area contributed by atoms with Gasteiger partial charge in [0.05, 0.1) is 22.2 Å². The quantitative estimate of drug-likeness (QED) is 0.164. The van der Waals surface area contributed by atoms with E-state index in [0.717, 1.165) is 28.4 Å². The van der Waals surface area contributed by atoms with E-state index in [4.69, 9.17) is 0 Å². The molecule has 1 atom stereocenters. The monoisotopic (exact) mass is 938 g/mol. The molecule has 4 aliphatic rings. The van der Waals surface area contributed by atoms with E-state index >= 15 is 0 Å². The van der Waals surface area contributed by atoms with E-state index in [2.05, 4.69) is 289 Å². The minimum absolute atomic E-state index is 0.459. The van der Waals surface area contributed by atoms with Crippen molar-refractivity contribution in [2.75, 3.05) is 9.80 Å². The second-order valence-electron chi connectivity index (χ2n) is 20.2. The molecular weight excluding hydrogens is 893 g/mol. The maximum atomic E-state index is 2.53. The predicted octanol–water partition coefficient (Wildman–Crippen LogP) is 18.5. The molecule has 0 fully saturated rings. The van der Waals surface area contributed by atoms with Crippen molar-refractivity contribution < 1.29 is 0 Å². The molecular formula is C72H46N2. The molecule has 0 saturated carbocycles. The number of anilines is 6. The number of hydrogen-bond donors (Lipinski definition) is 0. The molecule has 0 N–H and O–H groups in total. The zero-order chi connectivity index (χ0) is 48.5. The van der Waals surface area contributed by atoms with Gasteiger partial charge in [-0.15, -0.1) is 0 Å². The highest BCUT2D eigenvalue weighted by molar-refractivity contribution is 6.11. The van der Waals surface area contributed by atoms with Crippen LogP contribution >= 0.6 is 0 Å². The van der Waals surface area contributed by atoms with Crippen molar-refractivity contribution in [1.82, 2.24) is 0 Å². The van der Waals surface area contributed by atoms with E-state index in [1.807, 2.05) is 0 Å². The fraction of sp³-hybridized carbons (Fsp3) is 0.0278. The Kier molecular flexibility index (Phi) is 8.62. The van der Waals surface area contributed by atoms with Crippen LogP contribution in [0.1, 0.15) is 44.5 Å². The fourth-order valence-electron chi connectivity index (χ4n) is 14.2. The molecule has 0 heterocycles. The minimum Gasteiger partial charge on any atom is -0.310 e. The molecule has 0 amide bonds. The van der Waals surface area contributed by atoms with Crippen LogP contribution in [0.4, 0.5) is 34.1 Å². The second kappa shape index (κ2) is 15.5. The normalized spacial score (nSPS) is 15.2. The Morgan fingerprint density at radius 2 is 0.635 bits per heavy atom. The van der Waals surface area contributed by atoms with Gasteiger partial charge < -0.3 is 9.80 Å². The van der Waals surface area contributed by atoms with Gasteiger partial charge in [-0.25, -0.2) is 0 Å². The van der Waals surface area contributed by atoms with Crippen LogP contribution in [0.25, 0.3) is 55.3 Å². The Bertz CT molecular complexity index is 4190. The summed E-state index contributed by atoms with van der Waals surface area (Å²) < 4.78 is 0. The first-order valence-corrected chi connectivity index (χ1v) is 25.8. The largest absolute Gasteiger partial charge is 0.310 e. The third-order valence-corrected chi connectivity index (χ3v) is 16.8. The van der Waals surface area contributed by atoms with Gasteiger partial charge in [0, 0.05) is 33.9 Å². The third kappa shape index (κ3) is 5.28. The molecule has 2 nitrogen and oxygen atoms in total. The number of nitrogens with zero attached hydrogens (tertiary/aromatic N) is 2. The van der Waals surface area contributed by atoms with Crippen LogP contribution in [-0.4, -0.2) is 0 Å². The zero-order valence-corrected chi connectivity index (χ0v) is 40.5. The number of para-hydroxylation sites is 3. The molecule has 1 unspecified atom stereocenters. The first kappa shape index (κ1) is 41.2. The van der Waals surface area contributed by atoms with E-state index in [1.165, 1.54) is 105 Å². The van der Waals surface area contributed by atoms with Crippen LogP contribution in [0.3, 0.4) is 0 Å². The van der Waals surface area contributed by atoms with Gasteiger partial charge in [0.1, 0.15) is 0 Å². The first-order chi connectivity index (χ1) is 36.8. The van der Waals surface area contributed by atoms with Crippen LogP contribution < -0.4 is 9.80 Å². The molecule has 12 aromatic carbocycles. The lowest BCUT2D eigenvalue weighted by Gasteiger charge is -2.36. The van der Waals surface area contributed by atoms with Gasteiger partial charge in [0.15, 0.2) is 0 Å². The van der Waals surface area contributed by atoms with Crippen molar-refractivity contribution in [2.45, 2.75) is 10.8 Å². The Morgan fingerprint density at radius 1 is 0.230 bits per heavy atom. The predicted molar refractivity (Wildman–Crippen MR) is 306 cm³/mol. The molecule has 0 aromatic heterocycles. The smallest absolute Gasteiger partial charge is 0.0746 e. The lowest BCUT2D eigenvalue weighted by molar-refractivity contribution is 0.793. The Balaban J connectivity index is 0.978. The number of rotatable bonds is 6. The molecule has 0 bridgehead atoms. The third-order valence-electron chi connectivity index (χ3n) is 16.8. The minimum atomic E-state index is -0.641. The summed E-state index contributed by atoms with van der Waals surface area (Å²) in [6, 6.07) is 105. The van der Waals surface area contributed by atoms with Gasteiger partial charge in [0.2, 0.25) is 0 Å². The summed E-state index contributed by atoms with van der Waals surface area (Å²) in [4.78, 5) is 5.02. The Labute approximate surface area is 431 Å². The van der Waals surface area contributed by atoms with Gasteiger partial charge in [0.25, 0.3) is 0 Å². The van der Waals surface area contributed by atoms with Crippen LogP contribution in [0.15, 0.2) is 279 Å². The van der Waals surface area contributed by atoms with Gasteiger partial charge in [-0.2, -0.15) is 0 Å². The molecule has 2 heteroatoms. The average molecular weight is 939 g/mol. The van der Waals surface area contributed by atoms with Crippen molar-refractivity contribution in [3.05, 3.63) is 324 Å². The molecule has 4 aliphatic carbocycles. The fourth-order valence-corrected chi connectivity index (χ4v) is 14.2. The average Bonchev–Trinajstić information content (AvgIpc) is 4.17. The summed E-state index contributed by atoms with van der Waals surface area (Å²) in [7, 11) is 0. The molecule has 74 heavy (non-hydrogen) atoms. The Morgan fingerprint density at radius 3 is 1.22 bits per heavy atom. The van der Waals surface area contributed by atoms with Crippen molar-refractivity contribution in [3.63, 3.8) is 0 Å². The van der Waals surface area contributed by atoms with Gasteiger partial charge in [-0.1, -0.05) is 218 Å². The zero-order valence-electron chi connectivity index (χ0n) is 40.5. The number of benzene rings is 12. The SMILES string of the molecule is c1ccc(N(c2ccc3c(c2)-c2ccccc2C32c3ccccc3-c3c2c(N(c2ccccc2)c2ccccc2)cc2ccccc32)c2cccc3c2-c2ccccc2C32c3ccccc3-c3ccccc32)cc1. The molecule has 12 aromatic rings. The highest BCUT2D eigenvalue weighted by Gasteiger charge is 2.55. The van der Waals surface area contributed by atoms with E-state index in [-0.39, 0.29) is 0 Å².